The van der Waals surface area contributed by atoms with Crippen LogP contribution in [0.25, 0.3) is 16.5 Å². The first-order valence-electron chi connectivity index (χ1n) is 5.81. The highest BCUT2D eigenvalue weighted by atomic mass is 16.3. The summed E-state index contributed by atoms with van der Waals surface area (Å²) >= 11 is 0. The Morgan fingerprint density at radius 3 is 3.19 bits per heavy atom. The molecule has 0 unspecified atom stereocenters. The van der Waals surface area contributed by atoms with Crippen molar-refractivity contribution in [3.8, 4) is 0 Å². The smallest absolute Gasteiger partial charge is 0.141 e. The van der Waals surface area contributed by atoms with Gasteiger partial charge in [0.1, 0.15) is 5.58 Å². The molecule has 1 aliphatic rings. The van der Waals surface area contributed by atoms with Crippen LogP contribution in [0.3, 0.4) is 0 Å². The van der Waals surface area contributed by atoms with Gasteiger partial charge in [-0.15, -0.1) is 0 Å². The van der Waals surface area contributed by atoms with E-state index in [1.54, 1.807) is 6.26 Å². The second-order valence-corrected chi connectivity index (χ2v) is 4.18. The minimum absolute atomic E-state index is 0.965. The van der Waals surface area contributed by atoms with Crippen molar-refractivity contribution in [2.45, 2.75) is 12.8 Å². The fourth-order valence-electron chi connectivity index (χ4n) is 2.29. The van der Waals surface area contributed by atoms with Crippen LogP contribution < -0.4 is 5.32 Å². The largest absolute Gasteiger partial charge is 0.464 e. The molecule has 0 amide bonds. The molecular weight excluding hydrogens is 198 g/mol. The van der Waals surface area contributed by atoms with E-state index in [9.17, 15) is 0 Å². The first kappa shape index (κ1) is 9.67. The van der Waals surface area contributed by atoms with Crippen LogP contribution in [0.2, 0.25) is 0 Å². The van der Waals surface area contributed by atoms with Gasteiger partial charge in [0.25, 0.3) is 0 Å². The molecule has 2 aromatic rings. The van der Waals surface area contributed by atoms with E-state index in [-0.39, 0.29) is 0 Å². The Morgan fingerprint density at radius 2 is 2.19 bits per heavy atom. The second kappa shape index (κ2) is 4.14. The van der Waals surface area contributed by atoms with E-state index in [1.165, 1.54) is 22.9 Å². The van der Waals surface area contributed by atoms with Crippen LogP contribution in [-0.4, -0.2) is 13.1 Å². The monoisotopic (exact) mass is 213 g/mol. The van der Waals surface area contributed by atoms with Crippen molar-refractivity contribution in [1.82, 2.24) is 5.32 Å². The van der Waals surface area contributed by atoms with Crippen LogP contribution in [0.15, 0.2) is 41.0 Å². The van der Waals surface area contributed by atoms with Gasteiger partial charge in [-0.05, 0) is 31.0 Å². The van der Waals surface area contributed by atoms with Gasteiger partial charge >= 0.3 is 0 Å². The molecule has 16 heavy (non-hydrogen) atoms. The first-order valence-corrected chi connectivity index (χ1v) is 5.81. The summed E-state index contributed by atoms with van der Waals surface area (Å²) in [5.74, 6) is 0. The summed E-state index contributed by atoms with van der Waals surface area (Å²) in [6.45, 7) is 2.07. The van der Waals surface area contributed by atoms with Gasteiger partial charge in [0.05, 0.1) is 6.26 Å². The van der Waals surface area contributed by atoms with Gasteiger partial charge < -0.3 is 9.73 Å². The van der Waals surface area contributed by atoms with E-state index >= 15 is 0 Å². The first-order chi connectivity index (χ1) is 7.95. The summed E-state index contributed by atoms with van der Waals surface area (Å²) in [6, 6.07) is 8.38. The zero-order chi connectivity index (χ0) is 10.8. The van der Waals surface area contributed by atoms with Gasteiger partial charge in [0.15, 0.2) is 0 Å². The molecule has 0 saturated carbocycles. The zero-order valence-corrected chi connectivity index (χ0v) is 9.20. The van der Waals surface area contributed by atoms with Crippen molar-refractivity contribution in [2.75, 3.05) is 13.1 Å². The fourth-order valence-corrected chi connectivity index (χ4v) is 2.29. The number of hydrogen-bond acceptors (Lipinski definition) is 2. The molecule has 0 aliphatic carbocycles. The number of fused-ring (bicyclic) bond motifs is 1. The Morgan fingerprint density at radius 1 is 1.19 bits per heavy atom. The lowest BCUT2D eigenvalue weighted by Crippen LogP contribution is -2.12. The molecule has 2 heterocycles. The summed E-state index contributed by atoms with van der Waals surface area (Å²) in [6.07, 6.45) is 6.38. The van der Waals surface area contributed by atoms with Crippen LogP contribution in [0.5, 0.6) is 0 Å². The summed E-state index contributed by atoms with van der Waals surface area (Å²) in [5, 5.41) is 4.57. The molecule has 0 atom stereocenters. The zero-order valence-electron chi connectivity index (χ0n) is 9.20. The molecule has 1 aliphatic heterocycles. The number of furan rings is 1. The lowest BCUT2D eigenvalue weighted by molar-refractivity contribution is 0.614. The van der Waals surface area contributed by atoms with Crippen molar-refractivity contribution in [1.29, 1.82) is 0 Å². The highest BCUT2D eigenvalue weighted by Gasteiger charge is 2.10. The third kappa shape index (κ3) is 1.65. The number of nitrogens with one attached hydrogen (secondary N) is 1. The Kier molecular flexibility index (Phi) is 2.50. The Balaban J connectivity index is 2.10. The maximum atomic E-state index is 5.58. The second-order valence-electron chi connectivity index (χ2n) is 4.18. The van der Waals surface area contributed by atoms with Crippen LogP contribution in [0.1, 0.15) is 18.4 Å². The lowest BCUT2D eigenvalue weighted by Gasteiger charge is -2.05. The van der Waals surface area contributed by atoms with E-state index in [2.05, 4.69) is 29.6 Å². The molecule has 82 valence electrons. The lowest BCUT2D eigenvalue weighted by atomic mass is 10.00. The molecular formula is C14H15NO. The molecule has 2 nitrogen and oxygen atoms in total. The minimum atomic E-state index is 0.965. The van der Waals surface area contributed by atoms with E-state index in [1.807, 2.05) is 6.07 Å². The summed E-state index contributed by atoms with van der Waals surface area (Å²) in [7, 11) is 0. The number of allylic oxidation sites excluding steroid dienone is 1. The highest BCUT2D eigenvalue weighted by molar-refractivity contribution is 5.89. The van der Waals surface area contributed by atoms with Gasteiger partial charge in [0, 0.05) is 17.5 Å². The van der Waals surface area contributed by atoms with E-state index < -0.39 is 0 Å². The van der Waals surface area contributed by atoms with Crippen LogP contribution in [-0.2, 0) is 0 Å². The Bertz CT molecular complexity index is 524. The van der Waals surface area contributed by atoms with E-state index in [4.69, 9.17) is 4.42 Å². The van der Waals surface area contributed by atoms with Gasteiger partial charge in [-0.2, -0.15) is 0 Å². The predicted molar refractivity (Wildman–Crippen MR) is 66.3 cm³/mol. The number of benzene rings is 1. The number of para-hydroxylation sites is 1. The van der Waals surface area contributed by atoms with Crippen molar-refractivity contribution >= 4 is 16.5 Å². The molecule has 1 aromatic carbocycles. The summed E-state index contributed by atoms with van der Waals surface area (Å²) in [5.41, 5.74) is 3.69. The normalized spacial score (nSPS) is 17.1. The molecule has 0 spiro atoms. The predicted octanol–water partition coefficient (Wildman–Crippen LogP) is 3.20. The van der Waals surface area contributed by atoms with Crippen molar-refractivity contribution < 1.29 is 4.42 Å². The average Bonchev–Trinajstić information content (AvgIpc) is 2.63. The van der Waals surface area contributed by atoms with Crippen LogP contribution in [0, 0.1) is 0 Å². The van der Waals surface area contributed by atoms with E-state index in [0.29, 0.717) is 0 Å². The molecule has 0 radical (unpaired) electrons. The summed E-state index contributed by atoms with van der Waals surface area (Å²) < 4.78 is 5.58. The van der Waals surface area contributed by atoms with Gasteiger partial charge in [0.2, 0.25) is 0 Å². The highest BCUT2D eigenvalue weighted by Crippen LogP contribution is 2.29. The quantitative estimate of drug-likeness (QED) is 0.787. The van der Waals surface area contributed by atoms with Gasteiger partial charge in [-0.1, -0.05) is 24.3 Å². The molecule has 3 rings (SSSR count). The maximum absolute atomic E-state index is 5.58. The number of rotatable bonds is 1. The molecule has 1 aromatic heterocycles. The van der Waals surface area contributed by atoms with Crippen LogP contribution in [0.4, 0.5) is 0 Å². The van der Waals surface area contributed by atoms with Crippen LogP contribution >= 0.6 is 0 Å². The molecule has 2 heteroatoms. The van der Waals surface area contributed by atoms with Crippen molar-refractivity contribution in [2.24, 2.45) is 0 Å². The number of hydrogen-bond donors (Lipinski definition) is 1. The van der Waals surface area contributed by atoms with E-state index in [0.717, 1.165) is 25.1 Å². The Hall–Kier alpha value is -1.54. The minimum Gasteiger partial charge on any atom is -0.464 e. The summed E-state index contributed by atoms with van der Waals surface area (Å²) in [4.78, 5) is 0. The van der Waals surface area contributed by atoms with Crippen molar-refractivity contribution in [3.63, 3.8) is 0 Å². The molecule has 0 bridgehead atoms. The van der Waals surface area contributed by atoms with Gasteiger partial charge in [-0.25, -0.2) is 0 Å². The average molecular weight is 213 g/mol. The van der Waals surface area contributed by atoms with Crippen molar-refractivity contribution in [3.05, 3.63) is 42.2 Å². The molecule has 1 N–H and O–H groups in total. The fraction of sp³-hybridized carbons (Fsp3) is 0.286. The SMILES string of the molecule is C1=C(c2cccc3ccoc23)CCCNC1. The topological polar surface area (TPSA) is 25.2 Å². The Labute approximate surface area is 95.0 Å². The van der Waals surface area contributed by atoms with Gasteiger partial charge in [-0.3, -0.25) is 0 Å². The third-order valence-electron chi connectivity index (χ3n) is 3.12. The molecule has 0 fully saturated rings. The maximum Gasteiger partial charge on any atom is 0.141 e. The standard InChI is InChI=1S/C14H15NO/c1-3-12-7-10-16-14(12)13(5-1)11-4-2-8-15-9-6-11/h1,3,5-7,10,15H,2,4,8-9H2. The molecule has 0 saturated heterocycles. The third-order valence-corrected chi connectivity index (χ3v) is 3.12.